The van der Waals surface area contributed by atoms with Crippen LogP contribution in [0.15, 0.2) is 85.2 Å². The van der Waals surface area contributed by atoms with Crippen molar-refractivity contribution in [2.75, 3.05) is 7.11 Å². The van der Waals surface area contributed by atoms with Crippen LogP contribution in [0.2, 0.25) is 0 Å². The minimum absolute atomic E-state index is 0.551. The summed E-state index contributed by atoms with van der Waals surface area (Å²) in [5, 5.41) is 0. The third-order valence-electron chi connectivity index (χ3n) is 5.46. The van der Waals surface area contributed by atoms with Gasteiger partial charge in [0.2, 0.25) is 0 Å². The highest BCUT2D eigenvalue weighted by atomic mass is 16.5. The van der Waals surface area contributed by atoms with E-state index in [4.69, 9.17) is 9.47 Å². The summed E-state index contributed by atoms with van der Waals surface area (Å²) in [6, 6.07) is 24.1. The highest BCUT2D eigenvalue weighted by Gasteiger charge is 2.08. The van der Waals surface area contributed by atoms with Crippen molar-refractivity contribution in [2.24, 2.45) is 0 Å². The Morgan fingerprint density at radius 3 is 2.48 bits per heavy atom. The number of methoxy groups -OCH3 is 1. The van der Waals surface area contributed by atoms with Crippen molar-refractivity contribution in [1.29, 1.82) is 0 Å². The molecule has 0 aliphatic rings. The number of pyridine rings is 2. The van der Waals surface area contributed by atoms with Gasteiger partial charge < -0.3 is 14.5 Å². The first-order valence-corrected chi connectivity index (χ1v) is 10.9. The average molecular weight is 437 g/mol. The minimum atomic E-state index is 0.551. The number of benzene rings is 2. The van der Waals surface area contributed by atoms with E-state index in [1.165, 1.54) is 0 Å². The zero-order valence-corrected chi connectivity index (χ0v) is 18.4. The van der Waals surface area contributed by atoms with E-state index in [0.29, 0.717) is 6.61 Å². The van der Waals surface area contributed by atoms with Crippen molar-refractivity contribution in [3.05, 3.63) is 102 Å². The predicted molar refractivity (Wildman–Crippen MR) is 128 cm³/mol. The number of nitrogens with one attached hydrogen (secondary N) is 1. The monoisotopic (exact) mass is 436 g/mol. The molecule has 0 bridgehead atoms. The SMILES string of the molecule is COc1ccnc(CCc2nc3ncc(-c4ccc(OCc5ccccc5)cc4)cc3[nH]2)c1. The number of fused-ring (bicyclic) bond motifs is 1. The van der Waals surface area contributed by atoms with Gasteiger partial charge in [-0.15, -0.1) is 0 Å². The zero-order chi connectivity index (χ0) is 22.5. The Hall–Kier alpha value is -4.19. The third-order valence-corrected chi connectivity index (χ3v) is 5.46. The fourth-order valence-corrected chi connectivity index (χ4v) is 3.68. The number of hydrogen-bond acceptors (Lipinski definition) is 5. The number of imidazole rings is 1. The van der Waals surface area contributed by atoms with Gasteiger partial charge in [-0.25, -0.2) is 9.97 Å². The van der Waals surface area contributed by atoms with E-state index in [1.54, 1.807) is 13.3 Å². The molecule has 0 aliphatic heterocycles. The normalized spacial score (nSPS) is 10.9. The van der Waals surface area contributed by atoms with Crippen LogP contribution < -0.4 is 9.47 Å². The van der Waals surface area contributed by atoms with Gasteiger partial charge in [-0.3, -0.25) is 4.98 Å². The van der Waals surface area contributed by atoms with Crippen LogP contribution in [0.1, 0.15) is 17.1 Å². The molecule has 3 aromatic heterocycles. The average Bonchev–Trinajstić information content (AvgIpc) is 3.29. The third kappa shape index (κ3) is 5.01. The maximum atomic E-state index is 5.89. The van der Waals surface area contributed by atoms with Crippen molar-refractivity contribution in [3.8, 4) is 22.6 Å². The molecule has 0 atom stereocenters. The van der Waals surface area contributed by atoms with E-state index in [1.807, 2.05) is 48.7 Å². The largest absolute Gasteiger partial charge is 0.497 e. The lowest BCUT2D eigenvalue weighted by atomic mass is 10.1. The molecular weight excluding hydrogens is 412 g/mol. The maximum Gasteiger partial charge on any atom is 0.177 e. The molecule has 5 aromatic rings. The Bertz CT molecular complexity index is 1350. The molecule has 0 saturated carbocycles. The Morgan fingerprint density at radius 1 is 0.818 bits per heavy atom. The minimum Gasteiger partial charge on any atom is -0.497 e. The second-order valence-corrected chi connectivity index (χ2v) is 7.76. The molecule has 0 aliphatic carbocycles. The van der Waals surface area contributed by atoms with Gasteiger partial charge in [-0.05, 0) is 41.8 Å². The topological polar surface area (TPSA) is 72.9 Å². The first kappa shape index (κ1) is 20.7. The summed E-state index contributed by atoms with van der Waals surface area (Å²) in [6.45, 7) is 0.551. The molecule has 5 rings (SSSR count). The molecule has 1 N–H and O–H groups in total. The number of hydrogen-bond donors (Lipinski definition) is 1. The van der Waals surface area contributed by atoms with Crippen molar-refractivity contribution < 1.29 is 9.47 Å². The van der Waals surface area contributed by atoms with Gasteiger partial charge in [-0.2, -0.15) is 0 Å². The second-order valence-electron chi connectivity index (χ2n) is 7.76. The lowest BCUT2D eigenvalue weighted by molar-refractivity contribution is 0.306. The molecule has 2 aromatic carbocycles. The van der Waals surface area contributed by atoms with E-state index >= 15 is 0 Å². The molecule has 0 unspecified atom stereocenters. The van der Waals surface area contributed by atoms with E-state index < -0.39 is 0 Å². The first-order chi connectivity index (χ1) is 16.3. The van der Waals surface area contributed by atoms with Crippen LogP contribution in [0.3, 0.4) is 0 Å². The summed E-state index contributed by atoms with van der Waals surface area (Å²) >= 11 is 0. The molecule has 3 heterocycles. The van der Waals surface area contributed by atoms with Gasteiger partial charge in [-0.1, -0.05) is 42.5 Å². The zero-order valence-electron chi connectivity index (χ0n) is 18.4. The maximum absolute atomic E-state index is 5.89. The molecular formula is C27H24N4O2. The molecule has 6 heteroatoms. The number of ether oxygens (including phenoxy) is 2. The highest BCUT2D eigenvalue weighted by Crippen LogP contribution is 2.25. The Morgan fingerprint density at radius 2 is 1.67 bits per heavy atom. The lowest BCUT2D eigenvalue weighted by Gasteiger charge is -2.07. The molecule has 0 spiro atoms. The Balaban J connectivity index is 1.26. The van der Waals surface area contributed by atoms with Crippen LogP contribution in [-0.2, 0) is 19.4 Å². The number of aromatic amines is 1. The van der Waals surface area contributed by atoms with Crippen LogP contribution in [0.25, 0.3) is 22.3 Å². The second kappa shape index (κ2) is 9.53. The van der Waals surface area contributed by atoms with Crippen LogP contribution in [0.5, 0.6) is 11.5 Å². The summed E-state index contributed by atoms with van der Waals surface area (Å²) in [7, 11) is 1.66. The van der Waals surface area contributed by atoms with Gasteiger partial charge in [0.1, 0.15) is 23.9 Å². The number of nitrogens with zero attached hydrogens (tertiary/aromatic N) is 3. The van der Waals surface area contributed by atoms with Crippen LogP contribution in [0, 0.1) is 0 Å². The number of aryl methyl sites for hydroxylation is 2. The summed E-state index contributed by atoms with van der Waals surface area (Å²) < 4.78 is 11.2. The summed E-state index contributed by atoms with van der Waals surface area (Å²) in [6.07, 6.45) is 5.14. The summed E-state index contributed by atoms with van der Waals surface area (Å²) in [5.74, 6) is 2.54. The standard InChI is InChI=1S/C27H24N4O2/c1-32-24-13-14-28-22(16-24)9-12-26-30-25-15-21(17-29-27(25)31-26)20-7-10-23(11-8-20)33-18-19-5-3-2-4-6-19/h2-8,10-11,13-17H,9,12,18H2,1H3,(H,29,30,31). The van der Waals surface area contributed by atoms with Gasteiger partial charge in [0.25, 0.3) is 0 Å². The van der Waals surface area contributed by atoms with Gasteiger partial charge in [0.15, 0.2) is 5.65 Å². The van der Waals surface area contributed by atoms with Crippen molar-refractivity contribution in [3.63, 3.8) is 0 Å². The number of aromatic nitrogens is 4. The van der Waals surface area contributed by atoms with Crippen LogP contribution in [0.4, 0.5) is 0 Å². The fourth-order valence-electron chi connectivity index (χ4n) is 3.68. The summed E-state index contributed by atoms with van der Waals surface area (Å²) in [4.78, 5) is 17.0. The van der Waals surface area contributed by atoms with Gasteiger partial charge >= 0.3 is 0 Å². The van der Waals surface area contributed by atoms with Crippen LogP contribution in [-0.4, -0.2) is 27.0 Å². The predicted octanol–water partition coefficient (Wildman–Crippen LogP) is 5.39. The quantitative estimate of drug-likeness (QED) is 0.353. The number of rotatable bonds is 8. The lowest BCUT2D eigenvalue weighted by Crippen LogP contribution is -1.96. The molecule has 0 radical (unpaired) electrons. The Kier molecular flexibility index (Phi) is 5.97. The first-order valence-electron chi connectivity index (χ1n) is 10.9. The highest BCUT2D eigenvalue weighted by molar-refractivity contribution is 5.78. The van der Waals surface area contributed by atoms with E-state index in [9.17, 15) is 0 Å². The molecule has 0 saturated heterocycles. The summed E-state index contributed by atoms with van der Waals surface area (Å²) in [5.41, 5.74) is 5.86. The molecule has 6 nitrogen and oxygen atoms in total. The smallest absolute Gasteiger partial charge is 0.177 e. The van der Waals surface area contributed by atoms with E-state index in [0.717, 1.165) is 63.7 Å². The van der Waals surface area contributed by atoms with Crippen molar-refractivity contribution >= 4 is 11.2 Å². The molecule has 0 fully saturated rings. The van der Waals surface area contributed by atoms with Gasteiger partial charge in [0, 0.05) is 36.1 Å². The van der Waals surface area contributed by atoms with Crippen molar-refractivity contribution in [2.45, 2.75) is 19.4 Å². The van der Waals surface area contributed by atoms with Crippen molar-refractivity contribution in [1.82, 2.24) is 19.9 Å². The van der Waals surface area contributed by atoms with E-state index in [2.05, 4.69) is 50.3 Å². The fraction of sp³-hybridized carbons (Fsp3) is 0.148. The van der Waals surface area contributed by atoms with Crippen LogP contribution >= 0.6 is 0 Å². The van der Waals surface area contributed by atoms with Gasteiger partial charge in [0.05, 0.1) is 12.6 Å². The number of H-pyrrole nitrogens is 1. The molecule has 33 heavy (non-hydrogen) atoms. The molecule has 0 amide bonds. The Labute approximate surface area is 192 Å². The molecule has 164 valence electrons. The van der Waals surface area contributed by atoms with E-state index in [-0.39, 0.29) is 0 Å².